The lowest BCUT2D eigenvalue weighted by atomic mass is 10.1. The van der Waals surface area contributed by atoms with Gasteiger partial charge in [-0.2, -0.15) is 12.7 Å². The Bertz CT molecular complexity index is 1110. The molecular weight excluding hydrogens is 490 g/mol. The summed E-state index contributed by atoms with van der Waals surface area (Å²) in [5, 5.41) is 2.83. The van der Waals surface area contributed by atoms with Crippen LogP contribution >= 0.6 is 0 Å². The van der Waals surface area contributed by atoms with E-state index in [0.29, 0.717) is 12.1 Å². The maximum absolute atomic E-state index is 13.6. The van der Waals surface area contributed by atoms with Crippen LogP contribution in [0, 0.1) is 11.6 Å². The molecule has 1 N–H and O–H groups in total. The Labute approximate surface area is 212 Å². The molecule has 0 saturated carbocycles. The SMILES string of the molecule is CCCCNC(=O)C(CC)N(Cc1ccc(F)cc1)C(=O)CN(c1ccc(F)cc1)S(=O)(=O)N(C)C. The van der Waals surface area contributed by atoms with E-state index < -0.39 is 40.3 Å². The number of anilines is 1. The van der Waals surface area contributed by atoms with Crippen molar-refractivity contribution in [3.63, 3.8) is 0 Å². The first-order valence-electron chi connectivity index (χ1n) is 11.8. The second kappa shape index (κ2) is 13.3. The van der Waals surface area contributed by atoms with E-state index in [1.54, 1.807) is 6.92 Å². The fourth-order valence-corrected chi connectivity index (χ4v) is 4.59. The molecule has 1 unspecified atom stereocenters. The minimum Gasteiger partial charge on any atom is -0.354 e. The summed E-state index contributed by atoms with van der Waals surface area (Å²) in [4.78, 5) is 27.9. The summed E-state index contributed by atoms with van der Waals surface area (Å²) < 4.78 is 54.9. The summed E-state index contributed by atoms with van der Waals surface area (Å²) in [6.07, 6.45) is 1.93. The monoisotopic (exact) mass is 524 g/mol. The first-order chi connectivity index (χ1) is 17.0. The number of hydrogen-bond donors (Lipinski definition) is 1. The molecule has 0 saturated heterocycles. The topological polar surface area (TPSA) is 90.0 Å². The lowest BCUT2D eigenvalue weighted by Gasteiger charge is -2.34. The molecule has 36 heavy (non-hydrogen) atoms. The van der Waals surface area contributed by atoms with E-state index in [-0.39, 0.29) is 24.6 Å². The van der Waals surface area contributed by atoms with Crippen LogP contribution in [0.2, 0.25) is 0 Å². The molecule has 2 aromatic rings. The molecule has 2 amide bonds. The summed E-state index contributed by atoms with van der Waals surface area (Å²) in [6.45, 7) is 3.54. The van der Waals surface area contributed by atoms with E-state index in [2.05, 4.69) is 5.32 Å². The van der Waals surface area contributed by atoms with Gasteiger partial charge in [0, 0.05) is 27.2 Å². The Balaban J connectivity index is 2.45. The number of hydrogen-bond acceptors (Lipinski definition) is 4. The first-order valence-corrected chi connectivity index (χ1v) is 13.2. The predicted octanol–water partition coefficient (Wildman–Crippen LogP) is 3.30. The van der Waals surface area contributed by atoms with Crippen molar-refractivity contribution in [1.82, 2.24) is 14.5 Å². The van der Waals surface area contributed by atoms with Gasteiger partial charge in [-0.05, 0) is 54.8 Å². The van der Waals surface area contributed by atoms with Gasteiger partial charge in [0.15, 0.2) is 0 Å². The number of unbranched alkanes of at least 4 members (excludes halogenated alkanes) is 1. The quantitative estimate of drug-likeness (QED) is 0.407. The van der Waals surface area contributed by atoms with Crippen molar-refractivity contribution in [3.8, 4) is 0 Å². The van der Waals surface area contributed by atoms with Gasteiger partial charge in [-0.25, -0.2) is 13.1 Å². The van der Waals surface area contributed by atoms with Crippen LogP contribution in [0.3, 0.4) is 0 Å². The molecule has 0 aliphatic heterocycles. The zero-order chi connectivity index (χ0) is 26.9. The van der Waals surface area contributed by atoms with Crippen molar-refractivity contribution in [2.24, 2.45) is 0 Å². The zero-order valence-corrected chi connectivity index (χ0v) is 21.9. The minimum absolute atomic E-state index is 0.0297. The average molecular weight is 525 g/mol. The number of rotatable bonds is 13. The Morgan fingerprint density at radius 2 is 1.50 bits per heavy atom. The second-order valence-corrected chi connectivity index (χ2v) is 10.6. The van der Waals surface area contributed by atoms with Gasteiger partial charge in [-0.1, -0.05) is 32.4 Å². The number of nitrogens with zero attached hydrogens (tertiary/aromatic N) is 3. The van der Waals surface area contributed by atoms with Gasteiger partial charge in [0.25, 0.3) is 0 Å². The van der Waals surface area contributed by atoms with Gasteiger partial charge in [0.05, 0.1) is 5.69 Å². The molecule has 2 aromatic carbocycles. The van der Waals surface area contributed by atoms with Gasteiger partial charge < -0.3 is 10.2 Å². The van der Waals surface area contributed by atoms with Crippen molar-refractivity contribution in [2.75, 3.05) is 31.5 Å². The van der Waals surface area contributed by atoms with Crippen LogP contribution in [0.5, 0.6) is 0 Å². The highest BCUT2D eigenvalue weighted by atomic mass is 32.2. The first kappa shape index (κ1) is 29.2. The maximum Gasteiger partial charge on any atom is 0.304 e. The Morgan fingerprint density at radius 3 is 2.00 bits per heavy atom. The molecule has 1 atom stereocenters. The third-order valence-corrected chi connectivity index (χ3v) is 7.43. The maximum atomic E-state index is 13.6. The van der Waals surface area contributed by atoms with Gasteiger partial charge in [-0.3, -0.25) is 9.59 Å². The van der Waals surface area contributed by atoms with E-state index >= 15 is 0 Å². The average Bonchev–Trinajstić information content (AvgIpc) is 2.84. The Kier molecular flexibility index (Phi) is 10.8. The van der Waals surface area contributed by atoms with Gasteiger partial charge in [0.2, 0.25) is 11.8 Å². The van der Waals surface area contributed by atoms with Crippen molar-refractivity contribution < 1.29 is 26.8 Å². The summed E-state index contributed by atoms with van der Waals surface area (Å²) in [5.74, 6) is -1.99. The second-order valence-electron chi connectivity index (χ2n) is 8.49. The third kappa shape index (κ3) is 7.72. The Morgan fingerprint density at radius 1 is 0.944 bits per heavy atom. The van der Waals surface area contributed by atoms with Gasteiger partial charge in [-0.15, -0.1) is 0 Å². The van der Waals surface area contributed by atoms with E-state index in [4.69, 9.17) is 0 Å². The molecule has 0 aliphatic rings. The molecule has 0 aliphatic carbocycles. The predicted molar refractivity (Wildman–Crippen MR) is 135 cm³/mol. The molecule has 11 heteroatoms. The molecule has 2 rings (SSSR count). The fourth-order valence-electron chi connectivity index (χ4n) is 3.54. The van der Waals surface area contributed by atoms with Crippen LogP contribution in [0.15, 0.2) is 48.5 Å². The standard InChI is InChI=1S/C25H34F2N4O4S/c1-5-7-16-28-25(33)23(6-2)30(17-19-8-10-20(26)11-9-19)24(32)18-31(36(34,35)29(3)4)22-14-12-21(27)13-15-22/h8-15,23H,5-7,16-18H2,1-4H3,(H,28,33). The number of nitrogens with one attached hydrogen (secondary N) is 1. The summed E-state index contributed by atoms with van der Waals surface area (Å²) in [6, 6.07) is 9.37. The molecule has 0 fully saturated rings. The highest BCUT2D eigenvalue weighted by molar-refractivity contribution is 7.90. The normalized spacial score (nSPS) is 12.3. The van der Waals surface area contributed by atoms with Gasteiger partial charge in [0.1, 0.15) is 24.2 Å². The lowest BCUT2D eigenvalue weighted by molar-refractivity contribution is -0.140. The summed E-state index contributed by atoms with van der Waals surface area (Å²) in [5.41, 5.74) is 0.675. The number of benzene rings is 2. The molecule has 198 valence electrons. The highest BCUT2D eigenvalue weighted by Crippen LogP contribution is 2.22. The largest absolute Gasteiger partial charge is 0.354 e. The smallest absolute Gasteiger partial charge is 0.304 e. The van der Waals surface area contributed by atoms with Crippen LogP contribution in [0.25, 0.3) is 0 Å². The van der Waals surface area contributed by atoms with Crippen LogP contribution in [-0.4, -0.2) is 62.7 Å². The molecule has 0 bridgehead atoms. The molecule has 0 heterocycles. The minimum atomic E-state index is -4.14. The molecular formula is C25H34F2N4O4S. The Hall–Kier alpha value is -3.05. The van der Waals surface area contributed by atoms with Crippen molar-refractivity contribution >= 4 is 27.7 Å². The van der Waals surface area contributed by atoms with Crippen molar-refractivity contribution in [3.05, 3.63) is 65.7 Å². The van der Waals surface area contributed by atoms with E-state index in [0.717, 1.165) is 33.6 Å². The third-order valence-electron chi connectivity index (χ3n) is 5.62. The van der Waals surface area contributed by atoms with Crippen LogP contribution in [0.1, 0.15) is 38.7 Å². The van der Waals surface area contributed by atoms with E-state index in [1.165, 1.54) is 55.4 Å². The van der Waals surface area contributed by atoms with Crippen molar-refractivity contribution in [1.29, 1.82) is 0 Å². The summed E-state index contributed by atoms with van der Waals surface area (Å²) >= 11 is 0. The van der Waals surface area contributed by atoms with Gasteiger partial charge >= 0.3 is 10.2 Å². The van der Waals surface area contributed by atoms with Crippen molar-refractivity contribution in [2.45, 2.75) is 45.7 Å². The van der Waals surface area contributed by atoms with Crippen LogP contribution in [0.4, 0.5) is 14.5 Å². The fraction of sp³-hybridized carbons (Fsp3) is 0.440. The van der Waals surface area contributed by atoms with E-state index in [1.807, 2.05) is 6.92 Å². The number of carbonyl (C=O) groups excluding carboxylic acids is 2. The van der Waals surface area contributed by atoms with Crippen LogP contribution in [-0.2, 0) is 26.3 Å². The van der Waals surface area contributed by atoms with E-state index in [9.17, 15) is 26.8 Å². The molecule has 0 radical (unpaired) electrons. The summed E-state index contributed by atoms with van der Waals surface area (Å²) in [7, 11) is -1.49. The highest BCUT2D eigenvalue weighted by Gasteiger charge is 2.33. The number of amides is 2. The molecule has 0 aromatic heterocycles. The lowest BCUT2D eigenvalue weighted by Crippen LogP contribution is -2.53. The number of carbonyl (C=O) groups is 2. The number of halogens is 2. The molecule has 0 spiro atoms. The molecule has 8 nitrogen and oxygen atoms in total. The zero-order valence-electron chi connectivity index (χ0n) is 21.1. The van der Waals surface area contributed by atoms with Crippen LogP contribution < -0.4 is 9.62 Å².